The van der Waals surface area contributed by atoms with E-state index >= 15 is 0 Å². The first-order valence-corrected chi connectivity index (χ1v) is 10.4. The molecule has 11 heteroatoms. The van der Waals surface area contributed by atoms with E-state index in [0.717, 1.165) is 12.2 Å². The number of aliphatic hydroxyl groups excluding tert-OH is 3. The Morgan fingerprint density at radius 2 is 1.43 bits per heavy atom. The van der Waals surface area contributed by atoms with Crippen molar-refractivity contribution in [1.29, 1.82) is 0 Å². The van der Waals surface area contributed by atoms with Crippen molar-refractivity contribution in [3.05, 3.63) is 65.7 Å². The Kier molecular flexibility index (Phi) is 8.44. The summed E-state index contributed by atoms with van der Waals surface area (Å²) in [6.45, 7) is -0.708. The predicted octanol–water partition coefficient (Wildman–Crippen LogP) is 0.424. The molecule has 0 saturated carbocycles. The molecule has 1 aliphatic rings. The number of ether oxygens (including phenoxy) is 3. The number of hydrogen-bond donors (Lipinski definition) is 6. The molecule has 0 aliphatic carbocycles. The minimum atomic E-state index is -1.75. The molecule has 5 atom stereocenters. The lowest BCUT2D eigenvalue weighted by Gasteiger charge is -2.40. The third-order valence-corrected chi connectivity index (χ3v) is 5.03. The van der Waals surface area contributed by atoms with Crippen molar-refractivity contribution in [1.82, 2.24) is 0 Å². The SMILES string of the molecule is O=C(/C=C/c1ccc(O)cc1)O[C@@H]1O[C@H](CO)[C@@H](O)[C@H](O)[C@H]1OC(=O)/C=C/c1ccc(O)c(O)c1. The second-order valence-electron chi connectivity index (χ2n) is 7.55. The van der Waals surface area contributed by atoms with Gasteiger partial charge in [-0.1, -0.05) is 18.2 Å². The monoisotopic (exact) mass is 488 g/mol. The number of aromatic hydroxyl groups is 3. The largest absolute Gasteiger partial charge is 0.508 e. The van der Waals surface area contributed by atoms with Crippen molar-refractivity contribution in [2.24, 2.45) is 0 Å². The average Bonchev–Trinajstić information content (AvgIpc) is 2.84. The minimum absolute atomic E-state index is 0.0452. The van der Waals surface area contributed by atoms with Gasteiger partial charge in [-0.3, -0.25) is 0 Å². The molecule has 1 saturated heterocycles. The van der Waals surface area contributed by atoms with Crippen LogP contribution in [0.1, 0.15) is 11.1 Å². The molecule has 2 aromatic rings. The maximum atomic E-state index is 12.3. The summed E-state index contributed by atoms with van der Waals surface area (Å²) in [4.78, 5) is 24.6. The second kappa shape index (κ2) is 11.5. The van der Waals surface area contributed by atoms with E-state index in [-0.39, 0.29) is 11.5 Å². The van der Waals surface area contributed by atoms with Crippen molar-refractivity contribution in [2.75, 3.05) is 6.61 Å². The minimum Gasteiger partial charge on any atom is -0.508 e. The standard InChI is InChI=1S/C24H24O11/c25-12-18-21(31)22(32)23(34-19(29)10-5-14-3-8-16(27)17(28)11-14)24(33-18)35-20(30)9-4-13-1-6-15(26)7-2-13/h1-11,18,21-28,31-32H,12H2/b9-4+,10-5+/t18-,21-,22+,23-,24+/m1/s1. The molecular weight excluding hydrogens is 464 g/mol. The first-order chi connectivity index (χ1) is 16.7. The number of carbonyl (C=O) groups is 2. The summed E-state index contributed by atoms with van der Waals surface area (Å²) in [6, 6.07) is 9.75. The topological polar surface area (TPSA) is 183 Å². The highest BCUT2D eigenvalue weighted by molar-refractivity contribution is 5.88. The summed E-state index contributed by atoms with van der Waals surface area (Å²) in [5, 5.41) is 58.1. The zero-order valence-corrected chi connectivity index (χ0v) is 18.2. The summed E-state index contributed by atoms with van der Waals surface area (Å²) in [5.74, 6) is -2.63. The number of benzene rings is 2. The molecule has 0 amide bonds. The summed E-state index contributed by atoms with van der Waals surface area (Å²) in [6.07, 6.45) is -3.37. The number of phenolic OH excluding ortho intramolecular Hbond substituents is 3. The number of esters is 2. The van der Waals surface area contributed by atoms with Gasteiger partial charge in [-0.2, -0.15) is 0 Å². The highest BCUT2D eigenvalue weighted by Crippen LogP contribution is 2.27. The van der Waals surface area contributed by atoms with E-state index in [1.165, 1.54) is 42.5 Å². The first kappa shape index (κ1) is 25.7. The van der Waals surface area contributed by atoms with Crippen LogP contribution in [0.5, 0.6) is 17.2 Å². The highest BCUT2D eigenvalue weighted by Gasteiger charge is 2.48. The van der Waals surface area contributed by atoms with Gasteiger partial charge in [0.1, 0.15) is 24.1 Å². The second-order valence-corrected chi connectivity index (χ2v) is 7.55. The molecule has 0 radical (unpaired) electrons. The molecule has 0 unspecified atom stereocenters. The van der Waals surface area contributed by atoms with E-state index in [2.05, 4.69) is 0 Å². The fourth-order valence-electron chi connectivity index (χ4n) is 3.16. The number of hydrogen-bond acceptors (Lipinski definition) is 11. The molecule has 0 bridgehead atoms. The van der Waals surface area contributed by atoms with E-state index in [1.807, 2.05) is 0 Å². The molecule has 3 rings (SSSR count). The van der Waals surface area contributed by atoms with Gasteiger partial charge < -0.3 is 44.8 Å². The lowest BCUT2D eigenvalue weighted by Crippen LogP contribution is -2.60. The molecule has 11 nitrogen and oxygen atoms in total. The van der Waals surface area contributed by atoms with Crippen LogP contribution < -0.4 is 0 Å². The lowest BCUT2D eigenvalue weighted by atomic mass is 9.99. The fourth-order valence-corrected chi connectivity index (χ4v) is 3.16. The van der Waals surface area contributed by atoms with Gasteiger partial charge in [0, 0.05) is 12.2 Å². The predicted molar refractivity (Wildman–Crippen MR) is 120 cm³/mol. The molecule has 6 N–H and O–H groups in total. The Hall–Kier alpha value is -3.90. The van der Waals surface area contributed by atoms with Crippen molar-refractivity contribution in [2.45, 2.75) is 30.7 Å². The van der Waals surface area contributed by atoms with Crippen molar-refractivity contribution < 1.29 is 54.4 Å². The van der Waals surface area contributed by atoms with Crippen LogP contribution in [-0.4, -0.2) is 79.9 Å². The van der Waals surface area contributed by atoms with E-state index in [9.17, 15) is 40.2 Å². The van der Waals surface area contributed by atoms with Crippen LogP contribution in [0.2, 0.25) is 0 Å². The molecule has 2 aromatic carbocycles. The third-order valence-electron chi connectivity index (χ3n) is 5.03. The Labute approximate surface area is 199 Å². The van der Waals surface area contributed by atoms with Crippen LogP contribution in [0.15, 0.2) is 54.6 Å². The maximum absolute atomic E-state index is 12.3. The molecule has 0 spiro atoms. The number of aliphatic hydroxyl groups is 3. The fraction of sp³-hybridized carbons (Fsp3) is 0.250. The molecule has 1 aliphatic heterocycles. The van der Waals surface area contributed by atoms with E-state index in [0.29, 0.717) is 11.1 Å². The molecule has 186 valence electrons. The van der Waals surface area contributed by atoms with Gasteiger partial charge >= 0.3 is 11.9 Å². The van der Waals surface area contributed by atoms with Gasteiger partial charge in [-0.05, 0) is 47.5 Å². The van der Waals surface area contributed by atoms with Crippen molar-refractivity contribution in [3.8, 4) is 17.2 Å². The van der Waals surface area contributed by atoms with Gasteiger partial charge in [-0.15, -0.1) is 0 Å². The van der Waals surface area contributed by atoms with Gasteiger partial charge in [0.25, 0.3) is 0 Å². The first-order valence-electron chi connectivity index (χ1n) is 10.4. The molecule has 0 aromatic heterocycles. The van der Waals surface area contributed by atoms with E-state index in [4.69, 9.17) is 14.2 Å². The van der Waals surface area contributed by atoms with Gasteiger partial charge in [-0.25, -0.2) is 9.59 Å². The van der Waals surface area contributed by atoms with E-state index in [1.54, 1.807) is 12.1 Å². The smallest absolute Gasteiger partial charge is 0.333 e. The number of phenols is 3. The van der Waals surface area contributed by atoms with Crippen LogP contribution in [0.4, 0.5) is 0 Å². The Balaban J connectivity index is 1.71. The van der Waals surface area contributed by atoms with Crippen LogP contribution in [0.25, 0.3) is 12.2 Å². The van der Waals surface area contributed by atoms with Crippen LogP contribution in [0, 0.1) is 0 Å². The van der Waals surface area contributed by atoms with Crippen molar-refractivity contribution >= 4 is 24.1 Å². The van der Waals surface area contributed by atoms with E-state index < -0.39 is 55.0 Å². The molecule has 35 heavy (non-hydrogen) atoms. The van der Waals surface area contributed by atoms with Crippen LogP contribution >= 0.6 is 0 Å². The van der Waals surface area contributed by atoms with Gasteiger partial charge in [0.05, 0.1) is 6.61 Å². The number of carbonyl (C=O) groups excluding carboxylic acids is 2. The zero-order chi connectivity index (χ0) is 25.5. The van der Waals surface area contributed by atoms with Crippen LogP contribution in [-0.2, 0) is 23.8 Å². The average molecular weight is 488 g/mol. The summed E-state index contributed by atoms with van der Waals surface area (Å²) < 4.78 is 15.6. The van der Waals surface area contributed by atoms with Crippen LogP contribution in [0.3, 0.4) is 0 Å². The Morgan fingerprint density at radius 3 is 2.06 bits per heavy atom. The Bertz CT molecular complexity index is 1090. The summed E-state index contributed by atoms with van der Waals surface area (Å²) in [5.41, 5.74) is 0.918. The lowest BCUT2D eigenvalue weighted by molar-refractivity contribution is -0.293. The van der Waals surface area contributed by atoms with Gasteiger partial charge in [0.2, 0.25) is 6.29 Å². The quantitative estimate of drug-likeness (QED) is 0.180. The van der Waals surface area contributed by atoms with Gasteiger partial charge in [0.15, 0.2) is 17.6 Å². The number of rotatable bonds is 7. The third kappa shape index (κ3) is 6.80. The molecule has 1 heterocycles. The molecular formula is C24H24O11. The highest BCUT2D eigenvalue weighted by atomic mass is 16.7. The molecule has 1 fully saturated rings. The van der Waals surface area contributed by atoms with Crippen molar-refractivity contribution in [3.63, 3.8) is 0 Å². The summed E-state index contributed by atoms with van der Waals surface area (Å²) >= 11 is 0. The summed E-state index contributed by atoms with van der Waals surface area (Å²) in [7, 11) is 0. The zero-order valence-electron chi connectivity index (χ0n) is 18.2. The normalized spacial score (nSPS) is 24.5. The Morgan fingerprint density at radius 1 is 0.829 bits per heavy atom. The maximum Gasteiger partial charge on any atom is 0.333 e.